The van der Waals surface area contributed by atoms with Crippen LogP contribution in [0, 0.1) is 0 Å². The topological polar surface area (TPSA) is 65.5 Å². The van der Waals surface area contributed by atoms with E-state index in [2.05, 4.69) is 33.4 Å². The van der Waals surface area contributed by atoms with Crippen LogP contribution in [0.15, 0.2) is 79.1 Å². The fraction of sp³-hybridized carbons (Fsp3) is 0.296. The molecule has 2 aromatic carbocycles. The van der Waals surface area contributed by atoms with Gasteiger partial charge in [0.15, 0.2) is 0 Å². The normalized spacial score (nSPS) is 15.5. The number of carbonyl (C=O) groups excluding carboxylic acids is 2. The zero-order valence-corrected chi connectivity index (χ0v) is 19.0. The number of amides is 2. The van der Waals surface area contributed by atoms with Gasteiger partial charge in [-0.3, -0.25) is 19.5 Å². The molecule has 4 rings (SSSR count). The number of nitrogens with one attached hydrogen (secondary N) is 1. The van der Waals surface area contributed by atoms with Gasteiger partial charge in [-0.15, -0.1) is 0 Å². The first-order valence-electron chi connectivity index (χ1n) is 11.5. The van der Waals surface area contributed by atoms with Crippen molar-refractivity contribution in [1.82, 2.24) is 14.8 Å². The fourth-order valence-corrected chi connectivity index (χ4v) is 4.22. The van der Waals surface area contributed by atoms with Crippen LogP contribution in [0.2, 0.25) is 0 Å². The maximum atomic E-state index is 13.1. The van der Waals surface area contributed by atoms with Gasteiger partial charge in [-0.2, -0.15) is 0 Å². The van der Waals surface area contributed by atoms with Gasteiger partial charge < -0.3 is 10.2 Å². The van der Waals surface area contributed by atoms with E-state index in [-0.39, 0.29) is 17.9 Å². The van der Waals surface area contributed by atoms with Gasteiger partial charge in [-0.05, 0) is 49.1 Å². The van der Waals surface area contributed by atoms with Gasteiger partial charge in [0.25, 0.3) is 5.91 Å². The van der Waals surface area contributed by atoms with E-state index in [9.17, 15) is 9.59 Å². The number of anilines is 1. The number of nitrogens with zero attached hydrogens (tertiary/aromatic N) is 3. The Bertz CT molecular complexity index is 1070. The highest BCUT2D eigenvalue weighted by Crippen LogP contribution is 2.20. The lowest BCUT2D eigenvalue weighted by atomic mass is 10.0. The molecule has 0 aliphatic carbocycles. The smallest absolute Gasteiger partial charge is 0.254 e. The minimum Gasteiger partial charge on any atom is -0.337 e. The summed E-state index contributed by atoms with van der Waals surface area (Å²) in [6.45, 7) is 4.67. The maximum absolute atomic E-state index is 13.1. The molecular weight excluding hydrogens is 412 g/mol. The Balaban J connectivity index is 1.37. The molecule has 1 atom stereocenters. The molecule has 2 heterocycles. The van der Waals surface area contributed by atoms with E-state index in [0.717, 1.165) is 30.6 Å². The van der Waals surface area contributed by atoms with E-state index >= 15 is 0 Å². The summed E-state index contributed by atoms with van der Waals surface area (Å²) in [6, 6.07) is 21.4. The lowest BCUT2D eigenvalue weighted by Crippen LogP contribution is -2.44. The van der Waals surface area contributed by atoms with Crippen molar-refractivity contribution < 1.29 is 9.59 Å². The quantitative estimate of drug-likeness (QED) is 0.630. The average Bonchev–Trinajstić information content (AvgIpc) is 3.12. The molecule has 6 nitrogen and oxygen atoms in total. The van der Waals surface area contributed by atoms with E-state index in [4.69, 9.17) is 0 Å². The molecule has 3 aromatic rings. The Hall–Kier alpha value is -3.51. The third-order valence-corrected chi connectivity index (χ3v) is 6.18. The molecule has 1 saturated heterocycles. The monoisotopic (exact) mass is 442 g/mol. The Morgan fingerprint density at radius 1 is 0.909 bits per heavy atom. The molecule has 2 amide bonds. The number of hydrogen-bond donors (Lipinski definition) is 1. The molecule has 33 heavy (non-hydrogen) atoms. The van der Waals surface area contributed by atoms with E-state index in [0.29, 0.717) is 25.2 Å². The molecular formula is C27H30N4O2. The predicted octanol–water partition coefficient (Wildman–Crippen LogP) is 3.85. The summed E-state index contributed by atoms with van der Waals surface area (Å²) in [5.41, 5.74) is 3.80. The van der Waals surface area contributed by atoms with E-state index in [1.165, 1.54) is 5.56 Å². The second kappa shape index (κ2) is 10.9. The summed E-state index contributed by atoms with van der Waals surface area (Å²) in [6.07, 6.45) is 4.87. The maximum Gasteiger partial charge on any atom is 0.254 e. The SMILES string of the molecule is CC(C(=O)Nc1ccccc1Cc1ccccc1)N1CCCN(C(=O)c2ccncc2)CC1. The van der Waals surface area contributed by atoms with Crippen LogP contribution in [-0.4, -0.2) is 58.8 Å². The molecule has 0 bridgehead atoms. The Morgan fingerprint density at radius 2 is 1.64 bits per heavy atom. The third kappa shape index (κ3) is 5.84. The van der Waals surface area contributed by atoms with Crippen LogP contribution < -0.4 is 5.32 Å². The number of benzene rings is 2. The summed E-state index contributed by atoms with van der Waals surface area (Å²) < 4.78 is 0. The Kier molecular flexibility index (Phi) is 7.47. The zero-order chi connectivity index (χ0) is 23.0. The van der Waals surface area contributed by atoms with E-state index in [1.54, 1.807) is 24.5 Å². The second-order valence-corrected chi connectivity index (χ2v) is 8.40. The first kappa shape index (κ1) is 22.7. The van der Waals surface area contributed by atoms with E-state index < -0.39 is 0 Å². The molecule has 1 fully saturated rings. The summed E-state index contributed by atoms with van der Waals surface area (Å²) >= 11 is 0. The predicted molar refractivity (Wildman–Crippen MR) is 130 cm³/mol. The van der Waals surface area contributed by atoms with Crippen molar-refractivity contribution in [1.29, 1.82) is 0 Å². The fourth-order valence-electron chi connectivity index (χ4n) is 4.22. The summed E-state index contributed by atoms with van der Waals surface area (Å²) in [4.78, 5) is 33.9. The lowest BCUT2D eigenvalue weighted by Gasteiger charge is -2.27. The molecule has 0 saturated carbocycles. The number of pyridine rings is 1. The van der Waals surface area contributed by atoms with Crippen LogP contribution in [0.5, 0.6) is 0 Å². The molecule has 1 N–H and O–H groups in total. The largest absolute Gasteiger partial charge is 0.337 e. The van der Waals surface area contributed by atoms with Crippen molar-refractivity contribution in [3.05, 3.63) is 95.8 Å². The van der Waals surface area contributed by atoms with Crippen molar-refractivity contribution in [2.45, 2.75) is 25.8 Å². The van der Waals surface area contributed by atoms with Gasteiger partial charge in [-0.25, -0.2) is 0 Å². The van der Waals surface area contributed by atoms with Crippen molar-refractivity contribution in [2.24, 2.45) is 0 Å². The highest BCUT2D eigenvalue weighted by molar-refractivity contribution is 5.95. The number of para-hydroxylation sites is 1. The molecule has 6 heteroatoms. The van der Waals surface area contributed by atoms with Gasteiger partial charge in [0.1, 0.15) is 0 Å². The van der Waals surface area contributed by atoms with Gasteiger partial charge >= 0.3 is 0 Å². The molecule has 170 valence electrons. The average molecular weight is 443 g/mol. The van der Waals surface area contributed by atoms with Crippen molar-refractivity contribution >= 4 is 17.5 Å². The van der Waals surface area contributed by atoms with E-state index in [1.807, 2.05) is 48.2 Å². The van der Waals surface area contributed by atoms with Gasteiger partial charge in [-0.1, -0.05) is 48.5 Å². The number of hydrogen-bond acceptors (Lipinski definition) is 4. The first-order chi connectivity index (χ1) is 16.1. The van der Waals surface area contributed by atoms with Crippen molar-refractivity contribution in [2.75, 3.05) is 31.5 Å². The number of rotatable bonds is 6. The summed E-state index contributed by atoms with van der Waals surface area (Å²) in [7, 11) is 0. The Labute approximate surface area is 195 Å². The first-order valence-corrected chi connectivity index (χ1v) is 11.5. The van der Waals surface area contributed by atoms with Crippen molar-refractivity contribution in [3.8, 4) is 0 Å². The molecule has 1 aliphatic rings. The van der Waals surface area contributed by atoms with Crippen LogP contribution in [0.4, 0.5) is 5.69 Å². The number of aromatic nitrogens is 1. The Morgan fingerprint density at radius 3 is 2.42 bits per heavy atom. The van der Waals surface area contributed by atoms with Crippen LogP contribution >= 0.6 is 0 Å². The van der Waals surface area contributed by atoms with Crippen LogP contribution in [-0.2, 0) is 11.2 Å². The summed E-state index contributed by atoms with van der Waals surface area (Å²) in [5, 5.41) is 3.14. The second-order valence-electron chi connectivity index (χ2n) is 8.40. The molecule has 1 aliphatic heterocycles. The van der Waals surface area contributed by atoms with Crippen LogP contribution in [0.3, 0.4) is 0 Å². The highest BCUT2D eigenvalue weighted by atomic mass is 16.2. The summed E-state index contributed by atoms with van der Waals surface area (Å²) in [5.74, 6) is -0.00406. The van der Waals surface area contributed by atoms with Crippen LogP contribution in [0.1, 0.15) is 34.8 Å². The highest BCUT2D eigenvalue weighted by Gasteiger charge is 2.26. The standard InChI is InChI=1S/C27H30N4O2/c1-21(30-16-7-17-31(19-18-30)27(33)23-12-14-28-15-13-23)26(32)29-25-11-6-5-10-24(25)20-22-8-3-2-4-9-22/h2-6,8-15,21H,7,16-20H2,1H3,(H,29,32). The van der Waals surface area contributed by atoms with Gasteiger partial charge in [0, 0.05) is 49.8 Å². The molecule has 1 unspecified atom stereocenters. The van der Waals surface area contributed by atoms with Crippen LogP contribution in [0.25, 0.3) is 0 Å². The molecule has 1 aromatic heterocycles. The molecule has 0 radical (unpaired) electrons. The van der Waals surface area contributed by atoms with Gasteiger partial charge in [0.05, 0.1) is 6.04 Å². The molecule has 0 spiro atoms. The van der Waals surface area contributed by atoms with Gasteiger partial charge in [0.2, 0.25) is 5.91 Å². The third-order valence-electron chi connectivity index (χ3n) is 6.18. The zero-order valence-electron chi connectivity index (χ0n) is 19.0. The lowest BCUT2D eigenvalue weighted by molar-refractivity contribution is -0.120. The van der Waals surface area contributed by atoms with Crippen molar-refractivity contribution in [3.63, 3.8) is 0 Å². The minimum atomic E-state index is -0.286. The minimum absolute atomic E-state index is 0.0196. The number of carbonyl (C=O) groups is 2.